The Morgan fingerprint density at radius 3 is 2.23 bits per heavy atom. The van der Waals surface area contributed by atoms with Crippen molar-refractivity contribution in [2.24, 2.45) is 0 Å². The lowest BCUT2D eigenvalue weighted by Gasteiger charge is -2.08. The number of anilines is 1. The number of nitrogens with two attached hydrogens (primary N) is 1. The van der Waals surface area contributed by atoms with Crippen LogP contribution >= 0.6 is 23.2 Å². The van der Waals surface area contributed by atoms with Crippen molar-refractivity contribution in [1.82, 2.24) is 29.5 Å². The zero-order valence-corrected chi connectivity index (χ0v) is 18.2. The van der Waals surface area contributed by atoms with Crippen LogP contribution in [0.25, 0.3) is 33.7 Å². The number of fused-ring (bicyclic) bond motifs is 1. The minimum atomic E-state index is 0.110. The molecule has 5 rings (SSSR count). The molecule has 0 unspecified atom stereocenters. The van der Waals surface area contributed by atoms with E-state index in [0.717, 1.165) is 22.5 Å². The Kier molecular flexibility index (Phi) is 4.64. The highest BCUT2D eigenvalue weighted by Crippen LogP contribution is 2.38. The van der Waals surface area contributed by atoms with Gasteiger partial charge in [-0.15, -0.1) is 0 Å². The number of nitrogen functional groups attached to an aromatic ring is 1. The lowest BCUT2D eigenvalue weighted by atomic mass is 10.1. The second-order valence-electron chi connectivity index (χ2n) is 7.08. The van der Waals surface area contributed by atoms with E-state index < -0.39 is 0 Å². The van der Waals surface area contributed by atoms with Gasteiger partial charge in [-0.1, -0.05) is 53.5 Å². The average molecular weight is 450 g/mol. The summed E-state index contributed by atoms with van der Waals surface area (Å²) in [5, 5.41) is 11.0. The molecule has 3 aromatic heterocycles. The molecule has 2 N–H and O–H groups in total. The summed E-state index contributed by atoms with van der Waals surface area (Å²) in [7, 11) is 0. The van der Waals surface area contributed by atoms with Crippen molar-refractivity contribution in [3.63, 3.8) is 0 Å². The molecule has 0 saturated carbocycles. The summed E-state index contributed by atoms with van der Waals surface area (Å²) in [5.41, 5.74) is 10.9. The molecule has 9 heteroatoms. The second kappa shape index (κ2) is 7.37. The first-order valence-electron chi connectivity index (χ1n) is 9.54. The average Bonchev–Trinajstić information content (AvgIpc) is 3.24. The predicted octanol–water partition coefficient (Wildman–Crippen LogP) is 5.17. The number of rotatable bonds is 3. The Morgan fingerprint density at radius 2 is 1.48 bits per heavy atom. The Balaban J connectivity index is 1.80. The van der Waals surface area contributed by atoms with Crippen LogP contribution in [0.15, 0.2) is 54.6 Å². The Bertz CT molecular complexity index is 1440. The summed E-state index contributed by atoms with van der Waals surface area (Å²) in [6, 6.07) is 17.1. The number of benzene rings is 2. The zero-order chi connectivity index (χ0) is 21.7. The molecule has 0 atom stereocenters. The molecule has 0 aliphatic carbocycles. The summed E-state index contributed by atoms with van der Waals surface area (Å²) in [4.78, 5) is 9.00. The minimum Gasteiger partial charge on any atom is -0.368 e. The molecule has 31 heavy (non-hydrogen) atoms. The monoisotopic (exact) mass is 449 g/mol. The third-order valence-electron chi connectivity index (χ3n) is 5.04. The van der Waals surface area contributed by atoms with Crippen molar-refractivity contribution in [2.75, 3.05) is 5.73 Å². The van der Waals surface area contributed by atoms with Gasteiger partial charge in [0.05, 0.1) is 44.4 Å². The maximum atomic E-state index is 6.80. The lowest BCUT2D eigenvalue weighted by molar-refractivity contribution is 0.863. The highest BCUT2D eigenvalue weighted by atomic mass is 35.5. The SMILES string of the molecule is Cc1nn(-c2ccccc2)c(Cl)c1-c1nc(N)nc2c1c(C)nn2-c1ccccc1Cl. The van der Waals surface area contributed by atoms with Gasteiger partial charge in [0, 0.05) is 0 Å². The van der Waals surface area contributed by atoms with E-state index in [9.17, 15) is 0 Å². The van der Waals surface area contributed by atoms with Crippen LogP contribution < -0.4 is 5.73 Å². The number of aromatic nitrogens is 6. The lowest BCUT2D eigenvalue weighted by Crippen LogP contribution is -2.03. The van der Waals surface area contributed by atoms with Gasteiger partial charge in [-0.3, -0.25) is 0 Å². The maximum Gasteiger partial charge on any atom is 0.222 e. The fourth-order valence-electron chi connectivity index (χ4n) is 3.68. The van der Waals surface area contributed by atoms with Crippen LogP contribution in [-0.4, -0.2) is 29.5 Å². The van der Waals surface area contributed by atoms with Crippen LogP contribution in [0.5, 0.6) is 0 Å². The molecule has 0 bridgehead atoms. The van der Waals surface area contributed by atoms with E-state index in [1.165, 1.54) is 0 Å². The number of halogens is 2. The number of hydrogen-bond donors (Lipinski definition) is 1. The maximum absolute atomic E-state index is 6.80. The van der Waals surface area contributed by atoms with E-state index in [-0.39, 0.29) is 5.95 Å². The third kappa shape index (κ3) is 3.13. The summed E-state index contributed by atoms with van der Waals surface area (Å²) in [6.07, 6.45) is 0. The second-order valence-corrected chi connectivity index (χ2v) is 7.84. The van der Waals surface area contributed by atoms with Crippen LogP contribution in [0.3, 0.4) is 0 Å². The molecule has 7 nitrogen and oxygen atoms in total. The minimum absolute atomic E-state index is 0.110. The van der Waals surface area contributed by atoms with Crippen molar-refractivity contribution in [1.29, 1.82) is 0 Å². The molecule has 2 aromatic carbocycles. The fraction of sp³-hybridized carbons (Fsp3) is 0.0909. The highest BCUT2D eigenvalue weighted by molar-refractivity contribution is 6.33. The van der Waals surface area contributed by atoms with Gasteiger partial charge in [-0.2, -0.15) is 15.2 Å². The van der Waals surface area contributed by atoms with Gasteiger partial charge >= 0.3 is 0 Å². The molecular formula is C22H17Cl2N7. The highest BCUT2D eigenvalue weighted by Gasteiger charge is 2.24. The van der Waals surface area contributed by atoms with E-state index in [1.807, 2.05) is 62.4 Å². The van der Waals surface area contributed by atoms with Gasteiger partial charge in [0.2, 0.25) is 5.95 Å². The van der Waals surface area contributed by atoms with Crippen LogP contribution in [0.2, 0.25) is 10.2 Å². The first-order valence-corrected chi connectivity index (χ1v) is 10.3. The topological polar surface area (TPSA) is 87.4 Å². The van der Waals surface area contributed by atoms with Gasteiger partial charge < -0.3 is 5.73 Å². The van der Waals surface area contributed by atoms with Gasteiger partial charge in [0.15, 0.2) is 5.65 Å². The van der Waals surface area contributed by atoms with Gasteiger partial charge in [0.1, 0.15) is 5.15 Å². The fourth-order valence-corrected chi connectivity index (χ4v) is 4.26. The van der Waals surface area contributed by atoms with Gasteiger partial charge in [0.25, 0.3) is 0 Å². The van der Waals surface area contributed by atoms with Crippen molar-refractivity contribution < 1.29 is 0 Å². The van der Waals surface area contributed by atoms with E-state index in [1.54, 1.807) is 15.4 Å². The van der Waals surface area contributed by atoms with Crippen molar-refractivity contribution in [2.45, 2.75) is 13.8 Å². The quantitative estimate of drug-likeness (QED) is 0.410. The molecule has 154 valence electrons. The molecule has 5 aromatic rings. The first kappa shape index (κ1) is 19.5. The number of para-hydroxylation sites is 2. The largest absolute Gasteiger partial charge is 0.368 e. The molecule has 0 amide bonds. The molecule has 0 aliphatic heterocycles. The van der Waals surface area contributed by atoms with Crippen molar-refractivity contribution in [3.05, 3.63) is 76.2 Å². The molecule has 0 radical (unpaired) electrons. The molecule has 0 aliphatic rings. The summed E-state index contributed by atoms with van der Waals surface area (Å²) in [5.74, 6) is 0.110. The van der Waals surface area contributed by atoms with Crippen molar-refractivity contribution >= 4 is 40.2 Å². The Hall–Kier alpha value is -3.42. The molecule has 0 saturated heterocycles. The standard InChI is InChI=1S/C22H17Cl2N7/c1-12-17(20(24)30(28-12)14-8-4-3-5-9-14)19-18-13(2)29-31(21(18)27-22(25)26-19)16-11-7-6-10-15(16)23/h3-11H,1-2H3,(H2,25,26,27). The van der Waals surface area contributed by atoms with E-state index in [0.29, 0.717) is 32.8 Å². The number of aryl methyl sites for hydroxylation is 2. The predicted molar refractivity (Wildman–Crippen MR) is 123 cm³/mol. The normalized spacial score (nSPS) is 11.4. The van der Waals surface area contributed by atoms with E-state index >= 15 is 0 Å². The van der Waals surface area contributed by atoms with Crippen LogP contribution in [0.1, 0.15) is 11.4 Å². The number of nitrogens with zero attached hydrogens (tertiary/aromatic N) is 6. The van der Waals surface area contributed by atoms with Crippen LogP contribution in [0, 0.1) is 13.8 Å². The summed E-state index contributed by atoms with van der Waals surface area (Å²) < 4.78 is 3.36. The Morgan fingerprint density at radius 1 is 0.806 bits per heavy atom. The van der Waals surface area contributed by atoms with Crippen LogP contribution in [0.4, 0.5) is 5.95 Å². The molecule has 3 heterocycles. The third-order valence-corrected chi connectivity index (χ3v) is 5.71. The summed E-state index contributed by atoms with van der Waals surface area (Å²) in [6.45, 7) is 3.78. The summed E-state index contributed by atoms with van der Waals surface area (Å²) >= 11 is 13.2. The van der Waals surface area contributed by atoms with Gasteiger partial charge in [-0.05, 0) is 38.1 Å². The van der Waals surface area contributed by atoms with Gasteiger partial charge in [-0.25, -0.2) is 14.3 Å². The molecule has 0 fully saturated rings. The Labute approximate surface area is 188 Å². The number of hydrogen-bond acceptors (Lipinski definition) is 5. The van der Waals surface area contributed by atoms with E-state index in [2.05, 4.69) is 20.2 Å². The zero-order valence-electron chi connectivity index (χ0n) is 16.7. The van der Waals surface area contributed by atoms with E-state index in [4.69, 9.17) is 28.9 Å². The molecular weight excluding hydrogens is 433 g/mol. The molecule has 0 spiro atoms. The van der Waals surface area contributed by atoms with Crippen molar-refractivity contribution in [3.8, 4) is 22.6 Å². The van der Waals surface area contributed by atoms with Crippen LogP contribution in [-0.2, 0) is 0 Å². The smallest absolute Gasteiger partial charge is 0.222 e. The first-order chi connectivity index (χ1) is 15.0.